The summed E-state index contributed by atoms with van der Waals surface area (Å²) in [6.45, 7) is 18.8. The van der Waals surface area contributed by atoms with Gasteiger partial charge in [0.1, 0.15) is 6.29 Å². The number of halogens is 1. The van der Waals surface area contributed by atoms with Crippen LogP contribution in [0.5, 0.6) is 5.75 Å². The van der Waals surface area contributed by atoms with E-state index in [4.69, 9.17) is 4.79 Å². The van der Waals surface area contributed by atoms with Gasteiger partial charge in [-0.25, -0.2) is 0 Å². The molecule has 3 rings (SSSR count). The molecular weight excluding hydrogens is 616 g/mol. The van der Waals surface area contributed by atoms with Gasteiger partial charge in [-0.2, -0.15) is 0 Å². The molecule has 7 nitrogen and oxygen atoms in total. The fourth-order valence-corrected chi connectivity index (χ4v) is 5.24. The topological polar surface area (TPSA) is 93.7 Å². The third-order valence-electron chi connectivity index (χ3n) is 7.03. The molecule has 0 radical (unpaired) electrons. The average Bonchev–Trinajstić information content (AvgIpc) is 3.02. The van der Waals surface area contributed by atoms with Gasteiger partial charge in [0.25, 0.3) is 0 Å². The summed E-state index contributed by atoms with van der Waals surface area (Å²) in [7, 11) is 1.78. The minimum Gasteiger partial charge on any atom is -0.505 e. The van der Waals surface area contributed by atoms with Crippen LogP contribution in [0.4, 0.5) is 11.4 Å². The fourth-order valence-electron chi connectivity index (χ4n) is 4.66. The van der Waals surface area contributed by atoms with E-state index >= 15 is 0 Å². The van der Waals surface area contributed by atoms with Crippen LogP contribution in [0.3, 0.4) is 0 Å². The monoisotopic (exact) mass is 672 g/mol. The number of likely N-dealkylation sites (tertiary alicyclic amines) is 1. The summed E-state index contributed by atoms with van der Waals surface area (Å²) in [5, 5.41) is 18.7. The Morgan fingerprint density at radius 2 is 1.75 bits per heavy atom. The first-order valence-electron chi connectivity index (χ1n) is 15.8. The predicted octanol–water partition coefficient (Wildman–Crippen LogP) is 8.63. The summed E-state index contributed by atoms with van der Waals surface area (Å²) >= 11 is 3.25. The molecule has 2 aromatic rings. The molecule has 44 heavy (non-hydrogen) atoms. The highest BCUT2D eigenvalue weighted by Crippen LogP contribution is 2.32. The van der Waals surface area contributed by atoms with E-state index in [1.807, 2.05) is 43.3 Å². The quantitative estimate of drug-likeness (QED) is 0.0695. The number of aromatic hydroxyl groups is 1. The number of rotatable bonds is 14. The van der Waals surface area contributed by atoms with E-state index < -0.39 is 0 Å². The van der Waals surface area contributed by atoms with Crippen LogP contribution < -0.4 is 16.0 Å². The van der Waals surface area contributed by atoms with Crippen molar-refractivity contribution in [1.82, 2.24) is 10.2 Å². The van der Waals surface area contributed by atoms with Crippen molar-refractivity contribution in [3.8, 4) is 5.75 Å². The van der Waals surface area contributed by atoms with E-state index in [1.54, 1.807) is 7.05 Å². The lowest BCUT2D eigenvalue weighted by molar-refractivity contribution is -0.106. The number of carbonyl (C=O) groups is 2. The Labute approximate surface area is 275 Å². The van der Waals surface area contributed by atoms with Crippen molar-refractivity contribution in [2.45, 2.75) is 91.5 Å². The number of para-hydroxylation sites is 1. The molecule has 0 bridgehead atoms. The van der Waals surface area contributed by atoms with Gasteiger partial charge in [-0.15, -0.1) is 6.58 Å². The Hall–Kier alpha value is -3.10. The first-order valence-corrected chi connectivity index (χ1v) is 16.6. The zero-order valence-electron chi connectivity index (χ0n) is 27.8. The number of piperidine rings is 1. The van der Waals surface area contributed by atoms with E-state index in [-0.39, 0.29) is 5.75 Å². The minimum atomic E-state index is 0.262. The van der Waals surface area contributed by atoms with E-state index in [2.05, 4.69) is 69.9 Å². The minimum absolute atomic E-state index is 0.262. The number of hydrogen-bond donors (Lipinski definition) is 4. The number of aldehydes is 1. The van der Waals surface area contributed by atoms with E-state index in [0.717, 1.165) is 66.6 Å². The summed E-state index contributed by atoms with van der Waals surface area (Å²) in [5.74, 6) is 0.262. The van der Waals surface area contributed by atoms with Crippen molar-refractivity contribution in [2.24, 2.45) is 0 Å². The Morgan fingerprint density at radius 1 is 1.09 bits per heavy atom. The maximum absolute atomic E-state index is 10.6. The second-order valence-corrected chi connectivity index (χ2v) is 11.5. The third-order valence-corrected chi connectivity index (χ3v) is 7.63. The molecule has 0 unspecified atom stereocenters. The third kappa shape index (κ3) is 17.9. The number of amides is 1. The fraction of sp³-hybridized carbons (Fsp3) is 0.500. The zero-order valence-corrected chi connectivity index (χ0v) is 29.3. The van der Waals surface area contributed by atoms with Crippen LogP contribution in [0.1, 0.15) is 83.3 Å². The highest BCUT2D eigenvalue weighted by atomic mass is 79.9. The molecule has 1 fully saturated rings. The summed E-state index contributed by atoms with van der Waals surface area (Å²) < 4.78 is 0.724. The van der Waals surface area contributed by atoms with E-state index in [1.165, 1.54) is 63.1 Å². The molecule has 1 saturated heterocycles. The van der Waals surface area contributed by atoms with Crippen molar-refractivity contribution in [2.75, 3.05) is 37.3 Å². The highest BCUT2D eigenvalue weighted by molar-refractivity contribution is 9.10. The molecule has 0 saturated carbocycles. The van der Waals surface area contributed by atoms with Gasteiger partial charge in [-0.05, 0) is 104 Å². The van der Waals surface area contributed by atoms with Crippen LogP contribution in [0.15, 0.2) is 65.8 Å². The summed E-state index contributed by atoms with van der Waals surface area (Å²) in [5.41, 5.74) is 5.24. The molecule has 1 aliphatic rings. The van der Waals surface area contributed by atoms with Gasteiger partial charge >= 0.3 is 0 Å². The van der Waals surface area contributed by atoms with Crippen LogP contribution in [-0.4, -0.2) is 55.4 Å². The van der Waals surface area contributed by atoms with Crippen LogP contribution in [0.2, 0.25) is 0 Å². The van der Waals surface area contributed by atoms with Crippen molar-refractivity contribution >= 4 is 40.0 Å². The van der Waals surface area contributed by atoms with Crippen molar-refractivity contribution in [3.63, 3.8) is 0 Å². The van der Waals surface area contributed by atoms with Crippen molar-refractivity contribution in [1.29, 1.82) is 0 Å². The van der Waals surface area contributed by atoms with Gasteiger partial charge in [0.15, 0.2) is 5.75 Å². The normalized spacial score (nSPS) is 12.2. The molecular formula is C36H57BrN4O3. The van der Waals surface area contributed by atoms with Gasteiger partial charge in [-0.1, -0.05) is 64.0 Å². The number of phenolic OH excluding ortho intramolecular Hbond substituents is 1. The molecule has 1 amide bonds. The van der Waals surface area contributed by atoms with Crippen molar-refractivity contribution in [3.05, 3.63) is 76.9 Å². The lowest BCUT2D eigenvalue weighted by Gasteiger charge is -2.35. The second kappa shape index (κ2) is 26.3. The second-order valence-electron chi connectivity index (χ2n) is 10.6. The van der Waals surface area contributed by atoms with E-state index in [0.29, 0.717) is 6.04 Å². The number of nitrogens with one attached hydrogen (secondary N) is 3. The molecule has 0 atom stereocenters. The molecule has 2 aromatic carbocycles. The number of benzene rings is 2. The van der Waals surface area contributed by atoms with Crippen LogP contribution in [0, 0.1) is 6.92 Å². The lowest BCUT2D eigenvalue weighted by Crippen LogP contribution is -2.42. The summed E-state index contributed by atoms with van der Waals surface area (Å²) in [6.07, 6.45) is 14.2. The standard InChI is InChI=1S/C19H29N3O.C8H10BrNO.C7H14.C2H4O/c1-3-6-16(2)22-13-10-18(11-14-22)20-12-9-17-7-4-5-8-19(17)21-15-23;1-5-3-6(9)8(11)7(4-5)10-2;1-3-5-7-6-4-2;1-2-3/h4-5,7-8,15,18,20H,2-3,6,9-14H2,1H3,(H,21,23);3-4,10-11H,1-2H3;3H,1,4-7H2,2H3;2H,1H3. The zero-order chi connectivity index (χ0) is 33.2. The number of phenols is 1. The average molecular weight is 674 g/mol. The number of allylic oxidation sites excluding steroid dienone is 2. The SMILES string of the molecule is C=C(CCC)N1CCC(NCCc2ccccc2NC=O)CC1.C=CCCCCC.CC=O.CNc1cc(C)cc(Br)c1O. The first-order chi connectivity index (χ1) is 21.2. The Morgan fingerprint density at radius 3 is 2.32 bits per heavy atom. The van der Waals surface area contributed by atoms with Gasteiger partial charge in [0, 0.05) is 37.6 Å². The van der Waals surface area contributed by atoms with Gasteiger partial charge in [0.2, 0.25) is 6.41 Å². The molecule has 0 spiro atoms. The molecule has 0 aromatic heterocycles. The number of unbranched alkanes of at least 4 members (excludes halogenated alkanes) is 3. The molecule has 246 valence electrons. The number of anilines is 2. The largest absolute Gasteiger partial charge is 0.505 e. The summed E-state index contributed by atoms with van der Waals surface area (Å²) in [4.78, 5) is 21.9. The predicted molar refractivity (Wildman–Crippen MR) is 193 cm³/mol. The molecule has 8 heteroatoms. The highest BCUT2D eigenvalue weighted by Gasteiger charge is 2.19. The van der Waals surface area contributed by atoms with Crippen LogP contribution >= 0.6 is 15.9 Å². The Balaban J connectivity index is 0.000000725. The van der Waals surface area contributed by atoms with Gasteiger partial charge in [-0.3, -0.25) is 4.79 Å². The molecule has 0 aliphatic carbocycles. The first kappa shape index (κ1) is 40.9. The van der Waals surface area contributed by atoms with Crippen LogP contribution in [-0.2, 0) is 16.0 Å². The number of aryl methyl sites for hydroxylation is 1. The summed E-state index contributed by atoms with van der Waals surface area (Å²) in [6, 6.07) is 12.3. The van der Waals surface area contributed by atoms with Gasteiger partial charge < -0.3 is 30.8 Å². The smallest absolute Gasteiger partial charge is 0.211 e. The number of carbonyl (C=O) groups excluding carboxylic acids is 2. The number of hydrogen-bond acceptors (Lipinski definition) is 6. The molecule has 1 heterocycles. The Kier molecular flexibility index (Phi) is 24.5. The lowest BCUT2D eigenvalue weighted by atomic mass is 10.0. The van der Waals surface area contributed by atoms with Crippen LogP contribution in [0.25, 0.3) is 0 Å². The Bertz CT molecular complexity index is 1090. The maximum Gasteiger partial charge on any atom is 0.211 e. The molecule has 1 aliphatic heterocycles. The maximum atomic E-state index is 10.6. The molecule has 4 N–H and O–H groups in total. The number of nitrogens with zero attached hydrogens (tertiary/aromatic N) is 1. The van der Waals surface area contributed by atoms with Gasteiger partial charge in [0.05, 0.1) is 10.2 Å². The van der Waals surface area contributed by atoms with E-state index in [9.17, 15) is 9.90 Å². The van der Waals surface area contributed by atoms with Crippen molar-refractivity contribution < 1.29 is 14.7 Å².